The first kappa shape index (κ1) is 13.3. The molecule has 21 heavy (non-hydrogen) atoms. The molecule has 3 rings (SSSR count). The van der Waals surface area contributed by atoms with E-state index in [2.05, 4.69) is 15.3 Å². The molecule has 3 heterocycles. The molecule has 0 aliphatic carbocycles. The van der Waals surface area contributed by atoms with Gasteiger partial charge in [0.1, 0.15) is 0 Å². The van der Waals surface area contributed by atoms with Crippen molar-refractivity contribution in [2.24, 2.45) is 5.16 Å². The zero-order valence-corrected chi connectivity index (χ0v) is 10.6. The standard InChI is InChI=1S/C10H9N3O8/c1-13-8-11-6(16)10(13)19-4(14)2-9(18,7(17)20-10)3-5(15)21-12-8/h18H,2-3H2,1H3,(H,11,12,16). The van der Waals surface area contributed by atoms with E-state index in [0.29, 0.717) is 0 Å². The number of fused-ring (bicyclic) bond motifs is 3. The summed E-state index contributed by atoms with van der Waals surface area (Å²) in [5, 5.41) is 15.7. The largest absolute Gasteiger partial charge is 0.429 e. The molecule has 2 atom stereocenters. The van der Waals surface area contributed by atoms with E-state index in [-0.39, 0.29) is 5.96 Å². The SMILES string of the molecule is CN1/C2=N/OC(=O)CC3(O)CC(=O)OC1(OC3=O)C(=O)N2. The van der Waals surface area contributed by atoms with Crippen LogP contribution >= 0.6 is 0 Å². The number of hydrogen-bond acceptors (Lipinski definition) is 10. The fourth-order valence-corrected chi connectivity index (χ4v) is 2.11. The molecular formula is C10H9N3O8. The molecule has 0 saturated carbocycles. The zero-order chi connectivity index (χ0) is 15.4. The summed E-state index contributed by atoms with van der Waals surface area (Å²) in [6.45, 7) is 0. The van der Waals surface area contributed by atoms with Crippen molar-refractivity contribution in [3.8, 4) is 0 Å². The van der Waals surface area contributed by atoms with Crippen LogP contribution in [0.3, 0.4) is 0 Å². The maximum Gasteiger partial charge on any atom is 0.429 e. The molecule has 2 fully saturated rings. The fourth-order valence-electron chi connectivity index (χ4n) is 2.11. The maximum absolute atomic E-state index is 12.0. The quantitative estimate of drug-likeness (QED) is 0.356. The van der Waals surface area contributed by atoms with Gasteiger partial charge in [0.2, 0.25) is 5.96 Å². The Bertz CT molecular complexity index is 615. The van der Waals surface area contributed by atoms with Gasteiger partial charge in [-0.25, -0.2) is 9.59 Å². The fraction of sp³-hybridized carbons (Fsp3) is 0.500. The Kier molecular flexibility index (Phi) is 2.48. The highest BCUT2D eigenvalue weighted by Crippen LogP contribution is 2.33. The Hall–Kier alpha value is -2.69. The summed E-state index contributed by atoms with van der Waals surface area (Å²) in [7, 11) is 1.22. The van der Waals surface area contributed by atoms with E-state index in [9.17, 15) is 24.3 Å². The number of carbonyl (C=O) groups excluding carboxylic acids is 4. The lowest BCUT2D eigenvalue weighted by Gasteiger charge is -2.30. The van der Waals surface area contributed by atoms with Crippen LogP contribution < -0.4 is 5.32 Å². The van der Waals surface area contributed by atoms with Gasteiger partial charge in [0.05, 0.1) is 12.8 Å². The predicted octanol–water partition coefficient (Wildman–Crippen LogP) is -2.86. The number of oxime groups is 1. The molecule has 1 amide bonds. The molecule has 11 heteroatoms. The van der Waals surface area contributed by atoms with Crippen molar-refractivity contribution < 1.29 is 38.6 Å². The van der Waals surface area contributed by atoms with E-state index in [1.54, 1.807) is 0 Å². The Morgan fingerprint density at radius 2 is 1.86 bits per heavy atom. The maximum atomic E-state index is 12.0. The summed E-state index contributed by atoms with van der Waals surface area (Å²) in [5.41, 5.74) is -2.49. The van der Waals surface area contributed by atoms with Gasteiger partial charge in [0.15, 0.2) is 5.60 Å². The summed E-state index contributed by atoms with van der Waals surface area (Å²) in [6.07, 6.45) is -1.73. The number of esters is 2. The number of aliphatic hydroxyl groups is 1. The number of carbonyl (C=O) groups is 4. The highest BCUT2D eigenvalue weighted by atomic mass is 16.8. The highest BCUT2D eigenvalue weighted by Gasteiger charge is 2.63. The van der Waals surface area contributed by atoms with Crippen LogP contribution in [0.4, 0.5) is 0 Å². The molecule has 2 unspecified atom stereocenters. The van der Waals surface area contributed by atoms with Crippen LogP contribution in [0.15, 0.2) is 5.16 Å². The normalized spacial score (nSPS) is 37.8. The monoisotopic (exact) mass is 299 g/mol. The van der Waals surface area contributed by atoms with Crippen molar-refractivity contribution >= 4 is 29.8 Å². The number of nitrogens with one attached hydrogen (secondary N) is 1. The lowest BCUT2D eigenvalue weighted by molar-refractivity contribution is -0.250. The zero-order valence-electron chi connectivity index (χ0n) is 10.6. The molecule has 3 aliphatic rings. The molecule has 112 valence electrons. The first-order valence-electron chi connectivity index (χ1n) is 5.78. The molecule has 2 N–H and O–H groups in total. The first-order chi connectivity index (χ1) is 9.77. The predicted molar refractivity (Wildman–Crippen MR) is 58.5 cm³/mol. The van der Waals surface area contributed by atoms with Crippen LogP contribution in [0.5, 0.6) is 0 Å². The summed E-state index contributed by atoms with van der Waals surface area (Å²) in [6, 6.07) is 0. The van der Waals surface area contributed by atoms with Crippen LogP contribution in [0.25, 0.3) is 0 Å². The van der Waals surface area contributed by atoms with Crippen LogP contribution in [0, 0.1) is 0 Å². The Morgan fingerprint density at radius 1 is 1.19 bits per heavy atom. The van der Waals surface area contributed by atoms with Crippen molar-refractivity contribution in [3.63, 3.8) is 0 Å². The third-order valence-electron chi connectivity index (χ3n) is 3.24. The number of guanidine groups is 1. The van der Waals surface area contributed by atoms with Crippen molar-refractivity contribution in [3.05, 3.63) is 0 Å². The minimum absolute atomic E-state index is 0.290. The smallest absolute Gasteiger partial charge is 0.396 e. The Labute approximate surface area is 116 Å². The Morgan fingerprint density at radius 3 is 2.57 bits per heavy atom. The second kappa shape index (κ2) is 3.91. The van der Waals surface area contributed by atoms with Gasteiger partial charge in [-0.3, -0.25) is 19.8 Å². The average molecular weight is 299 g/mol. The van der Waals surface area contributed by atoms with E-state index >= 15 is 0 Å². The number of nitrogens with zero attached hydrogens (tertiary/aromatic N) is 2. The van der Waals surface area contributed by atoms with E-state index in [1.165, 1.54) is 7.05 Å². The van der Waals surface area contributed by atoms with Gasteiger partial charge in [-0.05, 0) is 5.16 Å². The molecule has 0 aromatic carbocycles. The molecule has 0 radical (unpaired) electrons. The number of rotatable bonds is 0. The molecule has 3 aliphatic heterocycles. The van der Waals surface area contributed by atoms with Crippen LogP contribution in [0.2, 0.25) is 0 Å². The molecule has 0 aromatic rings. The molecule has 1 spiro atoms. The van der Waals surface area contributed by atoms with Crippen LogP contribution in [-0.4, -0.2) is 58.3 Å². The molecule has 3 bridgehead atoms. The Balaban J connectivity index is 2.19. The van der Waals surface area contributed by atoms with Crippen molar-refractivity contribution in [2.45, 2.75) is 24.4 Å². The molecule has 2 saturated heterocycles. The number of ether oxygens (including phenoxy) is 2. The van der Waals surface area contributed by atoms with Crippen LogP contribution in [0.1, 0.15) is 12.8 Å². The van der Waals surface area contributed by atoms with Gasteiger partial charge >= 0.3 is 29.7 Å². The lowest BCUT2D eigenvalue weighted by Crippen LogP contribution is -2.55. The van der Waals surface area contributed by atoms with Crippen molar-refractivity contribution in [2.75, 3.05) is 7.05 Å². The summed E-state index contributed by atoms with van der Waals surface area (Å²) >= 11 is 0. The summed E-state index contributed by atoms with van der Waals surface area (Å²) < 4.78 is 9.74. The number of likely N-dealkylation sites (N-methyl/N-ethyl adjacent to an activating group) is 1. The lowest BCUT2D eigenvalue weighted by atomic mass is 9.96. The molecule has 11 nitrogen and oxygen atoms in total. The second-order valence-corrected chi connectivity index (χ2v) is 4.72. The summed E-state index contributed by atoms with van der Waals surface area (Å²) in [4.78, 5) is 52.7. The van der Waals surface area contributed by atoms with Gasteiger partial charge in [0, 0.05) is 7.05 Å². The minimum Gasteiger partial charge on any atom is -0.396 e. The second-order valence-electron chi connectivity index (χ2n) is 4.72. The van der Waals surface area contributed by atoms with Gasteiger partial charge in [-0.2, -0.15) is 0 Å². The third-order valence-corrected chi connectivity index (χ3v) is 3.24. The highest BCUT2D eigenvalue weighted by molar-refractivity contribution is 6.09. The number of amides is 1. The summed E-state index contributed by atoms with van der Waals surface area (Å²) in [5.74, 6) is -7.27. The third kappa shape index (κ3) is 1.74. The average Bonchev–Trinajstić information content (AvgIpc) is 2.52. The van der Waals surface area contributed by atoms with Gasteiger partial charge in [0.25, 0.3) is 0 Å². The van der Waals surface area contributed by atoms with Crippen molar-refractivity contribution in [1.82, 2.24) is 10.2 Å². The number of hydrogen-bond donors (Lipinski definition) is 2. The molecular weight excluding hydrogens is 290 g/mol. The minimum atomic E-state index is -2.49. The molecule has 0 aromatic heterocycles. The first-order valence-corrected chi connectivity index (χ1v) is 5.78. The van der Waals surface area contributed by atoms with Gasteiger partial charge < -0.3 is 19.4 Å². The van der Waals surface area contributed by atoms with E-state index in [0.717, 1.165) is 4.90 Å². The van der Waals surface area contributed by atoms with E-state index in [4.69, 9.17) is 9.47 Å². The van der Waals surface area contributed by atoms with E-state index < -0.39 is 48.2 Å². The van der Waals surface area contributed by atoms with Gasteiger partial charge in [-0.15, -0.1) is 0 Å². The van der Waals surface area contributed by atoms with Crippen LogP contribution in [-0.2, 0) is 33.5 Å². The van der Waals surface area contributed by atoms with E-state index in [1.807, 2.05) is 0 Å². The van der Waals surface area contributed by atoms with Gasteiger partial charge in [-0.1, -0.05) is 0 Å². The topological polar surface area (TPSA) is 144 Å². The van der Waals surface area contributed by atoms with Crippen molar-refractivity contribution in [1.29, 1.82) is 0 Å².